The first-order valence-corrected chi connectivity index (χ1v) is 6.48. The molecule has 0 aliphatic rings. The van der Waals surface area contributed by atoms with Gasteiger partial charge in [0, 0.05) is 6.61 Å². The van der Waals surface area contributed by atoms with E-state index in [1.165, 1.54) is 12.1 Å². The lowest BCUT2D eigenvalue weighted by Crippen LogP contribution is -2.13. The maximum Gasteiger partial charge on any atom is 0.180 e. The van der Waals surface area contributed by atoms with E-state index in [4.69, 9.17) is 10.5 Å². The van der Waals surface area contributed by atoms with Gasteiger partial charge in [-0.3, -0.25) is 0 Å². The number of benzene rings is 1. The summed E-state index contributed by atoms with van der Waals surface area (Å²) >= 11 is 0. The predicted octanol–water partition coefficient (Wildman–Crippen LogP) is 1.22. The first-order chi connectivity index (χ1) is 7.47. The third-order valence-corrected chi connectivity index (χ3v) is 3.71. The number of halogens is 1. The summed E-state index contributed by atoms with van der Waals surface area (Å²) in [5, 5.41) is 0. The zero-order valence-electron chi connectivity index (χ0n) is 8.94. The summed E-state index contributed by atoms with van der Waals surface area (Å²) < 4.78 is 41.4. The Balaban J connectivity index is 2.86. The minimum Gasteiger partial charge on any atom is -0.396 e. The molecule has 0 saturated heterocycles. The molecule has 0 atom stereocenters. The van der Waals surface area contributed by atoms with Gasteiger partial charge in [0.1, 0.15) is 5.82 Å². The minimum atomic E-state index is -3.49. The van der Waals surface area contributed by atoms with E-state index in [-0.39, 0.29) is 22.9 Å². The second-order valence-electron chi connectivity index (χ2n) is 3.20. The summed E-state index contributed by atoms with van der Waals surface area (Å²) in [7, 11) is -3.49. The molecule has 0 bridgehead atoms. The normalized spacial score (nSPS) is 11.6. The first-order valence-electron chi connectivity index (χ1n) is 4.83. The monoisotopic (exact) mass is 247 g/mol. The molecule has 16 heavy (non-hydrogen) atoms. The van der Waals surface area contributed by atoms with Crippen molar-refractivity contribution in [3.05, 3.63) is 24.0 Å². The highest BCUT2D eigenvalue weighted by molar-refractivity contribution is 7.91. The van der Waals surface area contributed by atoms with Crippen LogP contribution in [0.15, 0.2) is 23.1 Å². The fourth-order valence-electron chi connectivity index (χ4n) is 1.13. The fraction of sp³-hybridized carbons (Fsp3) is 0.400. The van der Waals surface area contributed by atoms with Crippen molar-refractivity contribution in [3.63, 3.8) is 0 Å². The van der Waals surface area contributed by atoms with E-state index >= 15 is 0 Å². The Bertz CT molecular complexity index is 459. The van der Waals surface area contributed by atoms with Gasteiger partial charge in [0.15, 0.2) is 9.84 Å². The van der Waals surface area contributed by atoms with Crippen LogP contribution in [0.2, 0.25) is 0 Å². The lowest BCUT2D eigenvalue weighted by Gasteiger charge is -2.05. The largest absolute Gasteiger partial charge is 0.396 e. The van der Waals surface area contributed by atoms with Gasteiger partial charge >= 0.3 is 0 Å². The van der Waals surface area contributed by atoms with Crippen LogP contribution in [0, 0.1) is 5.82 Å². The van der Waals surface area contributed by atoms with Crippen LogP contribution >= 0.6 is 0 Å². The third-order valence-electron chi connectivity index (χ3n) is 2.03. The van der Waals surface area contributed by atoms with Gasteiger partial charge in [0.2, 0.25) is 0 Å². The van der Waals surface area contributed by atoms with Crippen LogP contribution in [-0.4, -0.2) is 27.4 Å². The van der Waals surface area contributed by atoms with E-state index in [1.54, 1.807) is 6.92 Å². The molecule has 6 heteroatoms. The highest BCUT2D eigenvalue weighted by atomic mass is 32.2. The van der Waals surface area contributed by atoms with Gasteiger partial charge in [-0.1, -0.05) is 0 Å². The van der Waals surface area contributed by atoms with Crippen molar-refractivity contribution in [2.24, 2.45) is 0 Å². The standard InChI is InChI=1S/C10H14FNO3S/c1-2-15-5-6-16(13,14)8-3-4-10(12)9(11)7-8/h3-4,7H,2,5-6,12H2,1H3. The molecule has 4 nitrogen and oxygen atoms in total. The first kappa shape index (κ1) is 12.9. The summed E-state index contributed by atoms with van der Waals surface area (Å²) in [4.78, 5) is -0.0705. The van der Waals surface area contributed by atoms with E-state index in [0.29, 0.717) is 6.61 Å². The molecule has 0 heterocycles. The van der Waals surface area contributed by atoms with Crippen LogP contribution in [0.25, 0.3) is 0 Å². The molecule has 0 fully saturated rings. The molecule has 0 radical (unpaired) electrons. The Kier molecular flexibility index (Phi) is 4.26. The molecule has 0 aliphatic heterocycles. The zero-order chi connectivity index (χ0) is 12.2. The van der Waals surface area contributed by atoms with Crippen molar-refractivity contribution in [2.75, 3.05) is 24.7 Å². The molecule has 1 aromatic rings. The van der Waals surface area contributed by atoms with Crippen LogP contribution in [0.4, 0.5) is 10.1 Å². The van der Waals surface area contributed by atoms with Gasteiger partial charge in [-0.2, -0.15) is 0 Å². The van der Waals surface area contributed by atoms with Crippen molar-refractivity contribution in [2.45, 2.75) is 11.8 Å². The van der Waals surface area contributed by atoms with E-state index in [1.807, 2.05) is 0 Å². The van der Waals surface area contributed by atoms with Gasteiger partial charge in [-0.25, -0.2) is 12.8 Å². The van der Waals surface area contributed by atoms with Gasteiger partial charge in [-0.15, -0.1) is 0 Å². The molecule has 1 aromatic carbocycles. The highest BCUT2D eigenvalue weighted by Crippen LogP contribution is 2.17. The van der Waals surface area contributed by atoms with Gasteiger partial charge in [-0.05, 0) is 25.1 Å². The third kappa shape index (κ3) is 3.18. The molecular formula is C10H14FNO3S. The predicted molar refractivity (Wildman–Crippen MR) is 59.4 cm³/mol. The summed E-state index contributed by atoms with van der Waals surface area (Å²) in [5.41, 5.74) is 5.19. The average Bonchev–Trinajstić information content (AvgIpc) is 2.22. The Morgan fingerprint density at radius 3 is 2.69 bits per heavy atom. The Morgan fingerprint density at radius 1 is 1.44 bits per heavy atom. The zero-order valence-corrected chi connectivity index (χ0v) is 9.76. The van der Waals surface area contributed by atoms with E-state index < -0.39 is 15.7 Å². The van der Waals surface area contributed by atoms with E-state index in [0.717, 1.165) is 6.07 Å². The van der Waals surface area contributed by atoms with Crippen LogP contribution in [-0.2, 0) is 14.6 Å². The van der Waals surface area contributed by atoms with Crippen LogP contribution in [0.3, 0.4) is 0 Å². The number of hydrogen-bond acceptors (Lipinski definition) is 4. The van der Waals surface area contributed by atoms with Crippen molar-refractivity contribution >= 4 is 15.5 Å². The summed E-state index contributed by atoms with van der Waals surface area (Å²) in [6.07, 6.45) is 0. The fourth-order valence-corrected chi connectivity index (χ4v) is 2.26. The highest BCUT2D eigenvalue weighted by Gasteiger charge is 2.15. The summed E-state index contributed by atoms with van der Waals surface area (Å²) in [6.45, 7) is 2.33. The number of nitrogen functional groups attached to an aromatic ring is 1. The van der Waals surface area contributed by atoms with Crippen LogP contribution in [0.1, 0.15) is 6.92 Å². The number of anilines is 1. The quantitative estimate of drug-likeness (QED) is 0.627. The van der Waals surface area contributed by atoms with E-state index in [2.05, 4.69) is 0 Å². The van der Waals surface area contributed by atoms with Crippen molar-refractivity contribution < 1.29 is 17.5 Å². The topological polar surface area (TPSA) is 69.4 Å². The average molecular weight is 247 g/mol. The molecule has 0 aromatic heterocycles. The van der Waals surface area contributed by atoms with E-state index in [9.17, 15) is 12.8 Å². The van der Waals surface area contributed by atoms with Crippen molar-refractivity contribution in [3.8, 4) is 0 Å². The second kappa shape index (κ2) is 5.27. The number of sulfone groups is 1. The second-order valence-corrected chi connectivity index (χ2v) is 5.31. The lowest BCUT2D eigenvalue weighted by atomic mass is 10.3. The van der Waals surface area contributed by atoms with Gasteiger partial charge in [0.25, 0.3) is 0 Å². The van der Waals surface area contributed by atoms with Crippen LogP contribution in [0.5, 0.6) is 0 Å². The lowest BCUT2D eigenvalue weighted by molar-refractivity contribution is 0.163. The maximum atomic E-state index is 13.1. The summed E-state index contributed by atoms with van der Waals surface area (Å²) in [6, 6.07) is 3.46. The maximum absolute atomic E-state index is 13.1. The number of hydrogen-bond donors (Lipinski definition) is 1. The smallest absolute Gasteiger partial charge is 0.180 e. The molecule has 0 aliphatic carbocycles. The summed E-state index contributed by atoms with van der Waals surface area (Å²) in [5.74, 6) is -0.887. The molecule has 0 unspecified atom stereocenters. The molecule has 0 saturated carbocycles. The Labute approximate surface area is 94.1 Å². The number of rotatable bonds is 5. The molecule has 2 N–H and O–H groups in total. The molecular weight excluding hydrogens is 233 g/mol. The molecule has 0 amide bonds. The Hall–Kier alpha value is -1.14. The SMILES string of the molecule is CCOCCS(=O)(=O)c1ccc(N)c(F)c1. The number of ether oxygens (including phenoxy) is 1. The number of nitrogens with two attached hydrogens (primary N) is 1. The molecule has 90 valence electrons. The van der Waals surface area contributed by atoms with Gasteiger partial charge < -0.3 is 10.5 Å². The minimum absolute atomic E-state index is 0.0660. The molecule has 0 spiro atoms. The Morgan fingerprint density at radius 2 is 2.12 bits per heavy atom. The van der Waals surface area contributed by atoms with Gasteiger partial charge in [0.05, 0.1) is 22.9 Å². The van der Waals surface area contributed by atoms with Crippen molar-refractivity contribution in [1.82, 2.24) is 0 Å². The van der Waals surface area contributed by atoms with Crippen LogP contribution < -0.4 is 5.73 Å². The van der Waals surface area contributed by atoms with Crippen molar-refractivity contribution in [1.29, 1.82) is 0 Å². The molecule has 1 rings (SSSR count).